The molecule has 0 amide bonds. The summed E-state index contributed by atoms with van der Waals surface area (Å²) in [4.78, 5) is 11.1. The van der Waals surface area contributed by atoms with E-state index in [4.69, 9.17) is 0 Å². The Morgan fingerprint density at radius 2 is 2.27 bits per heavy atom. The summed E-state index contributed by atoms with van der Waals surface area (Å²) in [6, 6.07) is 5.83. The third-order valence-corrected chi connectivity index (χ3v) is 2.38. The smallest absolute Gasteiger partial charge is 0.257 e. The third kappa shape index (κ3) is 0.973. The van der Waals surface area contributed by atoms with Crippen LogP contribution in [0.25, 0.3) is 10.9 Å². The Morgan fingerprint density at radius 3 is 3.09 bits per heavy atom. The molecule has 0 saturated heterocycles. The van der Waals surface area contributed by atoms with Crippen molar-refractivity contribution in [3.63, 3.8) is 0 Å². The van der Waals surface area contributed by atoms with Gasteiger partial charge in [-0.3, -0.25) is 4.79 Å². The molecule has 0 fully saturated rings. The lowest BCUT2D eigenvalue weighted by Gasteiger charge is -1.89. The number of fused-ring (bicyclic) bond motifs is 1. The molecule has 0 bridgehead atoms. The first-order chi connectivity index (χ1) is 5.27. The predicted molar refractivity (Wildman–Crippen MR) is 47.2 cm³/mol. The minimum Gasteiger partial charge on any atom is -0.307 e. The van der Waals surface area contributed by atoms with E-state index >= 15 is 0 Å². The van der Waals surface area contributed by atoms with Crippen LogP contribution in [0.5, 0.6) is 0 Å². The zero-order valence-corrected chi connectivity index (χ0v) is 6.87. The summed E-state index contributed by atoms with van der Waals surface area (Å²) < 4.78 is 3.06. The van der Waals surface area contributed by atoms with Crippen molar-refractivity contribution in [2.45, 2.75) is 6.92 Å². The van der Waals surface area contributed by atoms with Crippen LogP contribution in [0.15, 0.2) is 23.0 Å². The fourth-order valence-electron chi connectivity index (χ4n) is 1.07. The normalized spacial score (nSPS) is 10.6. The van der Waals surface area contributed by atoms with Gasteiger partial charge in [0, 0.05) is 0 Å². The van der Waals surface area contributed by atoms with E-state index < -0.39 is 0 Å². The zero-order valence-electron chi connectivity index (χ0n) is 6.05. The monoisotopic (exact) mass is 165 g/mol. The van der Waals surface area contributed by atoms with Crippen LogP contribution >= 0.6 is 11.5 Å². The van der Waals surface area contributed by atoms with E-state index in [0.29, 0.717) is 0 Å². The second kappa shape index (κ2) is 2.20. The predicted octanol–water partition coefficient (Wildman–Crippen LogP) is 1.90. The highest BCUT2D eigenvalue weighted by molar-refractivity contribution is 7.04. The summed E-state index contributed by atoms with van der Waals surface area (Å²) in [5, 5.41) is 0.801. The summed E-state index contributed by atoms with van der Waals surface area (Å²) in [6.07, 6.45) is 0. The standard InChI is InChI=1S/C8H7NOS/c1-5-2-3-7-6(4-5)8(10)11-9-7/h2-4,9H,1H3. The van der Waals surface area contributed by atoms with Gasteiger partial charge in [0.05, 0.1) is 10.9 Å². The van der Waals surface area contributed by atoms with Crippen LogP contribution in [0.2, 0.25) is 0 Å². The van der Waals surface area contributed by atoms with Gasteiger partial charge in [0.2, 0.25) is 0 Å². The first-order valence-corrected chi connectivity index (χ1v) is 4.17. The lowest BCUT2D eigenvalue weighted by molar-refractivity contribution is 1.50. The molecule has 1 N–H and O–H groups in total. The SMILES string of the molecule is Cc1ccc2[nH]sc(=O)c2c1. The molecular formula is C8H7NOS. The molecule has 3 heteroatoms. The van der Waals surface area contributed by atoms with E-state index in [9.17, 15) is 4.79 Å². The molecule has 11 heavy (non-hydrogen) atoms. The highest BCUT2D eigenvalue weighted by Crippen LogP contribution is 2.10. The van der Waals surface area contributed by atoms with Crippen molar-refractivity contribution >= 4 is 22.4 Å². The van der Waals surface area contributed by atoms with Crippen molar-refractivity contribution in [2.24, 2.45) is 0 Å². The number of hydrogen-bond acceptors (Lipinski definition) is 2. The van der Waals surface area contributed by atoms with Gasteiger partial charge < -0.3 is 4.37 Å². The van der Waals surface area contributed by atoms with E-state index in [1.165, 1.54) is 0 Å². The summed E-state index contributed by atoms with van der Waals surface area (Å²) in [7, 11) is 0. The highest BCUT2D eigenvalue weighted by Gasteiger charge is 1.98. The molecule has 0 atom stereocenters. The van der Waals surface area contributed by atoms with Crippen molar-refractivity contribution in [1.82, 2.24) is 4.37 Å². The number of rotatable bonds is 0. The molecule has 1 aromatic heterocycles. The Balaban J connectivity index is 2.99. The van der Waals surface area contributed by atoms with Crippen LogP contribution in [0, 0.1) is 6.92 Å². The number of benzene rings is 1. The second-order valence-electron chi connectivity index (χ2n) is 2.54. The van der Waals surface area contributed by atoms with Crippen molar-refractivity contribution in [1.29, 1.82) is 0 Å². The highest BCUT2D eigenvalue weighted by atomic mass is 32.1. The van der Waals surface area contributed by atoms with Crippen LogP contribution in [0.4, 0.5) is 0 Å². The van der Waals surface area contributed by atoms with Gasteiger partial charge >= 0.3 is 0 Å². The van der Waals surface area contributed by atoms with Gasteiger partial charge in [0.15, 0.2) is 0 Å². The lowest BCUT2D eigenvalue weighted by Crippen LogP contribution is -1.87. The number of aromatic nitrogens is 1. The van der Waals surface area contributed by atoms with Crippen LogP contribution in [0.1, 0.15) is 5.56 Å². The van der Waals surface area contributed by atoms with E-state index in [1.54, 1.807) is 0 Å². The maximum atomic E-state index is 11.1. The van der Waals surface area contributed by atoms with Crippen molar-refractivity contribution in [3.05, 3.63) is 33.3 Å². The summed E-state index contributed by atoms with van der Waals surface area (Å²) in [5.74, 6) is 0. The van der Waals surface area contributed by atoms with Gasteiger partial charge in [-0.2, -0.15) is 0 Å². The number of aromatic amines is 1. The van der Waals surface area contributed by atoms with Crippen LogP contribution in [-0.4, -0.2) is 4.37 Å². The molecule has 1 aromatic carbocycles. The molecule has 0 saturated carbocycles. The van der Waals surface area contributed by atoms with Gasteiger partial charge in [0.1, 0.15) is 0 Å². The first-order valence-electron chi connectivity index (χ1n) is 3.35. The van der Waals surface area contributed by atoms with E-state index in [-0.39, 0.29) is 4.74 Å². The quantitative estimate of drug-likeness (QED) is 0.635. The largest absolute Gasteiger partial charge is 0.307 e. The van der Waals surface area contributed by atoms with Gasteiger partial charge in [-0.25, -0.2) is 0 Å². The molecule has 2 rings (SSSR count). The van der Waals surface area contributed by atoms with Crippen molar-refractivity contribution < 1.29 is 0 Å². The number of hydrogen-bond donors (Lipinski definition) is 1. The van der Waals surface area contributed by atoms with Gasteiger partial charge in [-0.15, -0.1) is 0 Å². The third-order valence-electron chi connectivity index (χ3n) is 1.65. The summed E-state index contributed by atoms with van der Waals surface area (Å²) >= 11 is 1.15. The van der Waals surface area contributed by atoms with E-state index in [2.05, 4.69) is 4.37 Å². The summed E-state index contributed by atoms with van der Waals surface area (Å²) in [5.41, 5.74) is 2.06. The number of H-pyrrole nitrogens is 1. The first kappa shape index (κ1) is 6.61. The average molecular weight is 165 g/mol. The molecule has 0 unspecified atom stereocenters. The number of nitrogens with one attached hydrogen (secondary N) is 1. The van der Waals surface area contributed by atoms with E-state index in [1.807, 2.05) is 25.1 Å². The molecule has 0 spiro atoms. The van der Waals surface area contributed by atoms with E-state index in [0.717, 1.165) is 28.0 Å². The molecule has 0 aliphatic carbocycles. The van der Waals surface area contributed by atoms with Crippen LogP contribution < -0.4 is 4.74 Å². The second-order valence-corrected chi connectivity index (χ2v) is 3.32. The topological polar surface area (TPSA) is 32.9 Å². The molecule has 0 radical (unpaired) electrons. The molecular weight excluding hydrogens is 158 g/mol. The Morgan fingerprint density at radius 1 is 1.45 bits per heavy atom. The van der Waals surface area contributed by atoms with Crippen LogP contribution in [0.3, 0.4) is 0 Å². The van der Waals surface area contributed by atoms with Crippen LogP contribution in [-0.2, 0) is 0 Å². The molecule has 1 heterocycles. The molecule has 2 nitrogen and oxygen atoms in total. The molecule has 0 aliphatic rings. The molecule has 2 aromatic rings. The average Bonchev–Trinajstić information content (AvgIpc) is 2.33. The van der Waals surface area contributed by atoms with Gasteiger partial charge in [-0.1, -0.05) is 11.6 Å². The van der Waals surface area contributed by atoms with Gasteiger partial charge in [-0.05, 0) is 30.6 Å². The Bertz CT molecular complexity index is 441. The van der Waals surface area contributed by atoms with Gasteiger partial charge in [0.25, 0.3) is 4.74 Å². The maximum absolute atomic E-state index is 11.1. The minimum atomic E-state index is 0.115. The van der Waals surface area contributed by atoms with Crippen molar-refractivity contribution in [2.75, 3.05) is 0 Å². The Kier molecular flexibility index (Phi) is 1.32. The Labute approximate surface area is 67.6 Å². The minimum absolute atomic E-state index is 0.115. The van der Waals surface area contributed by atoms with Crippen molar-refractivity contribution in [3.8, 4) is 0 Å². The maximum Gasteiger partial charge on any atom is 0.257 e. The molecule has 0 aliphatic heterocycles. The summed E-state index contributed by atoms with van der Waals surface area (Å²) in [6.45, 7) is 1.98. The molecule has 56 valence electrons. The zero-order chi connectivity index (χ0) is 7.84. The number of aryl methyl sites for hydroxylation is 1. The fraction of sp³-hybridized carbons (Fsp3) is 0.125. The Hall–Kier alpha value is -1.09. The fourth-order valence-corrected chi connectivity index (χ4v) is 1.73. The lowest BCUT2D eigenvalue weighted by atomic mass is 10.2.